The maximum atomic E-state index is 3.62. The summed E-state index contributed by atoms with van der Waals surface area (Å²) in [4.78, 5) is 0. The van der Waals surface area contributed by atoms with Crippen molar-refractivity contribution in [3.8, 4) is 11.1 Å². The Labute approximate surface area is 181 Å². The van der Waals surface area contributed by atoms with Gasteiger partial charge in [0.2, 0.25) is 0 Å². The molecule has 0 saturated carbocycles. The molecule has 1 nitrogen and oxygen atoms in total. The summed E-state index contributed by atoms with van der Waals surface area (Å²) in [5.74, 6) is 0. The van der Waals surface area contributed by atoms with Crippen LogP contribution in [0.15, 0.2) is 121 Å². The fourth-order valence-electron chi connectivity index (χ4n) is 4.56. The van der Waals surface area contributed by atoms with E-state index < -0.39 is 0 Å². The molecule has 0 heterocycles. The Kier molecular flexibility index (Phi) is 4.18. The number of hydrogen-bond donors (Lipinski definition) is 1. The van der Waals surface area contributed by atoms with Crippen LogP contribution >= 0.6 is 0 Å². The molecule has 0 amide bonds. The first-order valence-electron chi connectivity index (χ1n) is 10.6. The zero-order chi connectivity index (χ0) is 20.6. The molecular formula is C30H21N. The van der Waals surface area contributed by atoms with Crippen LogP contribution < -0.4 is 5.32 Å². The van der Waals surface area contributed by atoms with E-state index in [0.717, 1.165) is 11.4 Å². The molecule has 0 unspecified atom stereocenters. The van der Waals surface area contributed by atoms with Crippen molar-refractivity contribution >= 4 is 43.7 Å². The summed E-state index contributed by atoms with van der Waals surface area (Å²) >= 11 is 0. The van der Waals surface area contributed by atoms with Crippen molar-refractivity contribution in [3.63, 3.8) is 0 Å². The van der Waals surface area contributed by atoms with Gasteiger partial charge in [-0.15, -0.1) is 0 Å². The molecule has 31 heavy (non-hydrogen) atoms. The third-order valence-electron chi connectivity index (χ3n) is 6.00. The van der Waals surface area contributed by atoms with E-state index in [9.17, 15) is 0 Å². The molecule has 0 atom stereocenters. The van der Waals surface area contributed by atoms with Crippen LogP contribution in [-0.2, 0) is 0 Å². The third kappa shape index (κ3) is 3.12. The minimum Gasteiger partial charge on any atom is -0.355 e. The lowest BCUT2D eigenvalue weighted by Gasteiger charge is -2.13. The predicted octanol–water partition coefficient (Wildman–Crippen LogP) is 8.56. The summed E-state index contributed by atoms with van der Waals surface area (Å²) in [5, 5.41) is 11.4. The molecular weight excluding hydrogens is 374 g/mol. The zero-order valence-electron chi connectivity index (χ0n) is 17.0. The van der Waals surface area contributed by atoms with E-state index in [4.69, 9.17) is 0 Å². The third-order valence-corrected chi connectivity index (χ3v) is 6.00. The summed E-state index contributed by atoms with van der Waals surface area (Å²) in [6.45, 7) is 0. The van der Waals surface area contributed by atoms with Crippen LogP contribution in [-0.4, -0.2) is 0 Å². The molecule has 0 aliphatic heterocycles. The normalized spacial score (nSPS) is 11.2. The van der Waals surface area contributed by atoms with Crippen LogP contribution in [0, 0.1) is 0 Å². The topological polar surface area (TPSA) is 12.0 Å². The smallest absolute Gasteiger partial charge is 0.0390 e. The van der Waals surface area contributed by atoms with Gasteiger partial charge in [-0.25, -0.2) is 0 Å². The average molecular weight is 396 g/mol. The second-order valence-corrected chi connectivity index (χ2v) is 7.92. The number of anilines is 2. The molecule has 0 aromatic heterocycles. The number of hydrogen-bond acceptors (Lipinski definition) is 1. The fraction of sp³-hybridized carbons (Fsp3) is 0. The molecule has 1 heteroatoms. The highest BCUT2D eigenvalue weighted by Crippen LogP contribution is 2.36. The van der Waals surface area contributed by atoms with Crippen molar-refractivity contribution < 1.29 is 0 Å². The minimum absolute atomic E-state index is 1.09. The lowest BCUT2D eigenvalue weighted by molar-refractivity contribution is 1.55. The first-order valence-corrected chi connectivity index (χ1v) is 10.6. The van der Waals surface area contributed by atoms with Gasteiger partial charge < -0.3 is 5.32 Å². The molecule has 6 aromatic carbocycles. The quantitative estimate of drug-likeness (QED) is 0.296. The second kappa shape index (κ2) is 7.30. The highest BCUT2D eigenvalue weighted by molar-refractivity contribution is 6.25. The van der Waals surface area contributed by atoms with Gasteiger partial charge in [0.05, 0.1) is 0 Å². The number of nitrogens with one attached hydrogen (secondary N) is 1. The molecule has 0 aliphatic rings. The molecule has 0 saturated heterocycles. The zero-order valence-corrected chi connectivity index (χ0v) is 17.0. The standard InChI is InChI=1S/C30H21N/c1-2-9-21(10-3-1)22-11-8-12-23(19-22)31-24-17-18-29-27-15-5-4-13-25(27)26-14-6-7-16-28(26)30(29)20-24/h1-20,31H. The Balaban J connectivity index is 1.48. The Morgan fingerprint density at radius 1 is 0.323 bits per heavy atom. The van der Waals surface area contributed by atoms with Crippen molar-refractivity contribution in [1.82, 2.24) is 0 Å². The van der Waals surface area contributed by atoms with Gasteiger partial charge in [0.1, 0.15) is 0 Å². The monoisotopic (exact) mass is 395 g/mol. The molecule has 0 aliphatic carbocycles. The van der Waals surface area contributed by atoms with Gasteiger partial charge >= 0.3 is 0 Å². The maximum absolute atomic E-state index is 3.62. The first kappa shape index (κ1) is 17.7. The summed E-state index contributed by atoms with van der Waals surface area (Å²) in [6.07, 6.45) is 0. The van der Waals surface area contributed by atoms with Crippen molar-refractivity contribution in [1.29, 1.82) is 0 Å². The van der Waals surface area contributed by atoms with E-state index in [2.05, 4.69) is 127 Å². The van der Waals surface area contributed by atoms with Gasteiger partial charge in [0.15, 0.2) is 0 Å². The van der Waals surface area contributed by atoms with Crippen LogP contribution in [0.5, 0.6) is 0 Å². The predicted molar refractivity (Wildman–Crippen MR) is 134 cm³/mol. The molecule has 146 valence electrons. The summed E-state index contributed by atoms with van der Waals surface area (Å²) in [7, 11) is 0. The van der Waals surface area contributed by atoms with Gasteiger partial charge in [-0.1, -0.05) is 97.1 Å². The highest BCUT2D eigenvalue weighted by atomic mass is 14.9. The largest absolute Gasteiger partial charge is 0.355 e. The summed E-state index contributed by atoms with van der Waals surface area (Å²) in [5.41, 5.74) is 4.62. The van der Waals surface area contributed by atoms with Crippen LogP contribution in [0.1, 0.15) is 0 Å². The minimum atomic E-state index is 1.09. The molecule has 6 aromatic rings. The van der Waals surface area contributed by atoms with Gasteiger partial charge in [-0.05, 0) is 67.7 Å². The van der Waals surface area contributed by atoms with Gasteiger partial charge in [-0.2, -0.15) is 0 Å². The van der Waals surface area contributed by atoms with E-state index >= 15 is 0 Å². The van der Waals surface area contributed by atoms with Crippen LogP contribution in [0.3, 0.4) is 0 Å². The van der Waals surface area contributed by atoms with Gasteiger partial charge in [-0.3, -0.25) is 0 Å². The summed E-state index contributed by atoms with van der Waals surface area (Å²) < 4.78 is 0. The SMILES string of the molecule is c1ccc(-c2cccc(Nc3ccc4c5ccccc5c5ccccc5c4c3)c2)cc1. The molecule has 6 rings (SSSR count). The first-order chi connectivity index (χ1) is 15.4. The second-order valence-electron chi connectivity index (χ2n) is 7.92. The number of rotatable bonds is 3. The Morgan fingerprint density at radius 2 is 0.839 bits per heavy atom. The fourth-order valence-corrected chi connectivity index (χ4v) is 4.56. The van der Waals surface area contributed by atoms with E-state index in [1.54, 1.807) is 0 Å². The Morgan fingerprint density at radius 3 is 1.52 bits per heavy atom. The molecule has 0 radical (unpaired) electrons. The highest BCUT2D eigenvalue weighted by Gasteiger charge is 2.09. The lowest BCUT2D eigenvalue weighted by atomic mass is 9.94. The molecule has 0 fully saturated rings. The van der Waals surface area contributed by atoms with E-state index in [0.29, 0.717) is 0 Å². The van der Waals surface area contributed by atoms with Crippen molar-refractivity contribution in [2.75, 3.05) is 5.32 Å². The van der Waals surface area contributed by atoms with E-state index in [-0.39, 0.29) is 0 Å². The van der Waals surface area contributed by atoms with E-state index in [1.807, 2.05) is 0 Å². The lowest BCUT2D eigenvalue weighted by Crippen LogP contribution is -1.91. The maximum Gasteiger partial charge on any atom is 0.0390 e. The average Bonchev–Trinajstić information content (AvgIpc) is 2.85. The van der Waals surface area contributed by atoms with Gasteiger partial charge in [0.25, 0.3) is 0 Å². The van der Waals surface area contributed by atoms with E-state index in [1.165, 1.54) is 43.4 Å². The number of fused-ring (bicyclic) bond motifs is 6. The number of benzene rings is 6. The molecule has 1 N–H and O–H groups in total. The van der Waals surface area contributed by atoms with Crippen molar-refractivity contribution in [2.24, 2.45) is 0 Å². The molecule has 0 bridgehead atoms. The van der Waals surface area contributed by atoms with Crippen molar-refractivity contribution in [2.45, 2.75) is 0 Å². The Hall–Kier alpha value is -4.10. The summed E-state index contributed by atoms with van der Waals surface area (Å²) in [6, 6.07) is 43.2. The van der Waals surface area contributed by atoms with Crippen LogP contribution in [0.2, 0.25) is 0 Å². The van der Waals surface area contributed by atoms with Crippen LogP contribution in [0.25, 0.3) is 43.4 Å². The van der Waals surface area contributed by atoms with Gasteiger partial charge in [0, 0.05) is 11.4 Å². The van der Waals surface area contributed by atoms with Crippen molar-refractivity contribution in [3.05, 3.63) is 121 Å². The Bertz CT molecular complexity index is 1510. The molecule has 0 spiro atoms. The van der Waals surface area contributed by atoms with Crippen LogP contribution in [0.4, 0.5) is 11.4 Å².